The summed E-state index contributed by atoms with van der Waals surface area (Å²) in [6.07, 6.45) is 0.548. The van der Waals surface area contributed by atoms with Crippen LogP contribution in [0.15, 0.2) is 18.6 Å². The van der Waals surface area contributed by atoms with Gasteiger partial charge < -0.3 is 9.72 Å². The highest BCUT2D eigenvalue weighted by atomic mass is 32.2. The number of aromatic amines is 1. The summed E-state index contributed by atoms with van der Waals surface area (Å²) in [4.78, 5) is 11.6. The lowest BCUT2D eigenvalue weighted by Gasteiger charge is -2.21. The van der Waals surface area contributed by atoms with Crippen LogP contribution in [-0.2, 0) is 14.8 Å². The van der Waals surface area contributed by atoms with Crippen molar-refractivity contribution in [1.29, 1.82) is 0 Å². The minimum atomic E-state index is -4.55. The summed E-state index contributed by atoms with van der Waals surface area (Å²) in [5.74, 6) is -0.838. The Morgan fingerprint density at radius 3 is 2.79 bits per heavy atom. The van der Waals surface area contributed by atoms with Gasteiger partial charge in [-0.05, 0) is 24.3 Å². The molecular weight excluding hydrogens is 399 g/mol. The zero-order chi connectivity index (χ0) is 19.9. The molecule has 8 nitrogen and oxygen atoms in total. The Balaban J connectivity index is 1.67. The van der Waals surface area contributed by atoms with Crippen molar-refractivity contribution in [3.8, 4) is 0 Å². The molecule has 0 bridgehead atoms. The van der Waals surface area contributed by atoms with Crippen LogP contribution < -0.4 is 4.72 Å². The monoisotopic (exact) mass is 417 g/mol. The van der Waals surface area contributed by atoms with Crippen molar-refractivity contribution in [1.82, 2.24) is 19.4 Å². The Labute approximate surface area is 158 Å². The van der Waals surface area contributed by atoms with E-state index in [0.717, 1.165) is 23.9 Å². The molecule has 1 saturated heterocycles. The molecule has 3 aromatic rings. The number of nitrogens with zero attached hydrogens (tertiary/aromatic N) is 3. The van der Waals surface area contributed by atoms with Crippen LogP contribution in [0.3, 0.4) is 0 Å². The molecule has 0 amide bonds. The Morgan fingerprint density at radius 2 is 2.07 bits per heavy atom. The van der Waals surface area contributed by atoms with Crippen LogP contribution in [-0.4, -0.2) is 52.9 Å². The Bertz CT molecular complexity index is 1100. The first-order valence-corrected chi connectivity index (χ1v) is 10.4. The molecule has 0 aliphatic carbocycles. The number of alkyl halides is 3. The summed E-state index contributed by atoms with van der Waals surface area (Å²) >= 11 is 0. The van der Waals surface area contributed by atoms with E-state index in [4.69, 9.17) is 4.74 Å². The summed E-state index contributed by atoms with van der Waals surface area (Å²) in [5, 5.41) is 0. The van der Waals surface area contributed by atoms with Gasteiger partial charge in [0.2, 0.25) is 10.0 Å². The van der Waals surface area contributed by atoms with E-state index < -0.39 is 28.4 Å². The lowest BCUT2D eigenvalue weighted by atomic mass is 9.93. The summed E-state index contributed by atoms with van der Waals surface area (Å²) in [5.41, 5.74) is 2.82. The molecule has 2 N–H and O–H groups in total. The third kappa shape index (κ3) is 3.92. The molecule has 4 heterocycles. The quantitative estimate of drug-likeness (QED) is 0.665. The van der Waals surface area contributed by atoms with E-state index in [9.17, 15) is 21.6 Å². The van der Waals surface area contributed by atoms with Gasteiger partial charge in [0, 0.05) is 19.4 Å². The van der Waals surface area contributed by atoms with Crippen molar-refractivity contribution in [2.75, 3.05) is 23.7 Å². The average molecular weight is 417 g/mol. The van der Waals surface area contributed by atoms with Gasteiger partial charge in [-0.15, -0.1) is 0 Å². The summed E-state index contributed by atoms with van der Waals surface area (Å²) in [6.45, 7) is 1.32. The summed E-state index contributed by atoms with van der Waals surface area (Å²) < 4.78 is 70.1. The molecule has 1 fully saturated rings. The highest BCUT2D eigenvalue weighted by Crippen LogP contribution is 2.32. The number of ether oxygens (including phenoxy) is 1. The molecule has 1 aliphatic rings. The van der Waals surface area contributed by atoms with Crippen LogP contribution in [0.25, 0.3) is 16.8 Å². The van der Waals surface area contributed by atoms with Crippen LogP contribution in [0.5, 0.6) is 0 Å². The van der Waals surface area contributed by atoms with E-state index in [-0.39, 0.29) is 11.7 Å². The Morgan fingerprint density at radius 1 is 1.32 bits per heavy atom. The third-order valence-electron chi connectivity index (χ3n) is 4.72. The smallest absolute Gasteiger partial charge is 0.381 e. The zero-order valence-corrected chi connectivity index (χ0v) is 15.5. The largest absolute Gasteiger partial charge is 0.390 e. The van der Waals surface area contributed by atoms with Crippen molar-refractivity contribution in [3.05, 3.63) is 24.2 Å². The highest BCUT2D eigenvalue weighted by Gasteiger charge is 2.30. The fraction of sp³-hybridized carbons (Fsp3) is 0.500. The normalized spacial score (nSPS) is 16.8. The number of aromatic nitrogens is 4. The third-order valence-corrected chi connectivity index (χ3v) is 5.98. The molecule has 12 heteroatoms. The van der Waals surface area contributed by atoms with Crippen LogP contribution in [0.1, 0.15) is 30.7 Å². The van der Waals surface area contributed by atoms with Gasteiger partial charge in [-0.3, -0.25) is 9.12 Å². The number of fused-ring (bicyclic) bond motifs is 3. The van der Waals surface area contributed by atoms with Crippen molar-refractivity contribution in [3.63, 3.8) is 0 Å². The molecule has 0 aromatic carbocycles. The van der Waals surface area contributed by atoms with Gasteiger partial charge in [-0.25, -0.2) is 18.4 Å². The molecular formula is C16H18F3N5O3S. The van der Waals surface area contributed by atoms with Crippen LogP contribution in [0, 0.1) is 0 Å². The average Bonchev–Trinajstić information content (AvgIpc) is 3.23. The van der Waals surface area contributed by atoms with Crippen LogP contribution in [0.2, 0.25) is 0 Å². The summed E-state index contributed by atoms with van der Waals surface area (Å²) in [6, 6.07) is 0. The lowest BCUT2D eigenvalue weighted by molar-refractivity contribution is -0.129. The number of anilines is 1. The van der Waals surface area contributed by atoms with Gasteiger partial charge >= 0.3 is 6.18 Å². The van der Waals surface area contributed by atoms with Crippen LogP contribution in [0.4, 0.5) is 19.0 Å². The molecule has 0 spiro atoms. The molecule has 152 valence electrons. The molecule has 4 rings (SSSR count). The number of sulfonamides is 1. The molecule has 0 atom stereocenters. The zero-order valence-electron chi connectivity index (χ0n) is 14.7. The van der Waals surface area contributed by atoms with Crippen molar-refractivity contribution < 1.29 is 26.3 Å². The number of nitrogens with one attached hydrogen (secondary N) is 2. The second-order valence-electron chi connectivity index (χ2n) is 6.73. The number of halogens is 3. The first kappa shape index (κ1) is 19.0. The van der Waals surface area contributed by atoms with Crippen molar-refractivity contribution >= 4 is 32.7 Å². The number of imidazole rings is 1. The molecule has 0 radical (unpaired) electrons. The van der Waals surface area contributed by atoms with Crippen molar-refractivity contribution in [2.45, 2.75) is 31.4 Å². The van der Waals surface area contributed by atoms with E-state index in [0.29, 0.717) is 24.5 Å². The SMILES string of the molecule is O=S(=O)(CCC(F)(F)F)Nc1cn2c(cnc3[nH]cc(C4CCOCC4)c32)n1. The molecule has 28 heavy (non-hydrogen) atoms. The van der Waals surface area contributed by atoms with Gasteiger partial charge in [-0.2, -0.15) is 13.2 Å². The van der Waals surface area contributed by atoms with Gasteiger partial charge in [0.05, 0.1) is 30.1 Å². The standard InChI is InChI=1S/C16H18F3N5O3S/c17-16(18,19)3-6-28(25,26)23-12-9-24-13(22-12)8-21-15-14(24)11(7-20-15)10-1-4-27-5-2-10/h7-10,20,23H,1-6H2. The highest BCUT2D eigenvalue weighted by molar-refractivity contribution is 7.92. The lowest BCUT2D eigenvalue weighted by Crippen LogP contribution is -2.22. The molecule has 3 aromatic heterocycles. The van der Waals surface area contributed by atoms with Crippen LogP contribution >= 0.6 is 0 Å². The molecule has 1 aliphatic heterocycles. The topological polar surface area (TPSA) is 101 Å². The van der Waals surface area contributed by atoms with E-state index >= 15 is 0 Å². The summed E-state index contributed by atoms with van der Waals surface area (Å²) in [7, 11) is -4.18. The van der Waals surface area contributed by atoms with E-state index in [1.165, 1.54) is 12.4 Å². The predicted molar refractivity (Wildman–Crippen MR) is 95.7 cm³/mol. The fourth-order valence-electron chi connectivity index (χ4n) is 3.39. The Hall–Kier alpha value is -2.34. The fourth-order valence-corrected chi connectivity index (χ4v) is 4.41. The minimum Gasteiger partial charge on any atom is -0.381 e. The first-order valence-electron chi connectivity index (χ1n) is 8.72. The van der Waals surface area contributed by atoms with Gasteiger partial charge in [0.25, 0.3) is 0 Å². The van der Waals surface area contributed by atoms with Crippen molar-refractivity contribution in [2.24, 2.45) is 0 Å². The van der Waals surface area contributed by atoms with Gasteiger partial charge in [-0.1, -0.05) is 0 Å². The maximum atomic E-state index is 12.3. The number of H-pyrrole nitrogens is 1. The minimum absolute atomic E-state index is 0.0457. The van der Waals surface area contributed by atoms with Gasteiger partial charge in [0.15, 0.2) is 17.1 Å². The second-order valence-corrected chi connectivity index (χ2v) is 8.57. The maximum absolute atomic E-state index is 12.3. The maximum Gasteiger partial charge on any atom is 0.390 e. The first-order chi connectivity index (χ1) is 13.2. The number of hydrogen-bond donors (Lipinski definition) is 2. The van der Waals surface area contributed by atoms with E-state index in [1.807, 2.05) is 6.20 Å². The Kier molecular flexibility index (Phi) is 4.70. The predicted octanol–water partition coefficient (Wildman–Crippen LogP) is 2.80. The van der Waals surface area contributed by atoms with E-state index in [2.05, 4.69) is 19.7 Å². The number of rotatable bonds is 5. The second kappa shape index (κ2) is 6.92. The molecule has 0 saturated carbocycles. The molecule has 0 unspecified atom stereocenters. The van der Waals surface area contributed by atoms with Gasteiger partial charge in [0.1, 0.15) is 0 Å². The van der Waals surface area contributed by atoms with E-state index in [1.54, 1.807) is 4.40 Å². The number of hydrogen-bond acceptors (Lipinski definition) is 5.